The summed E-state index contributed by atoms with van der Waals surface area (Å²) in [4.78, 5) is 12.8. The topological polar surface area (TPSA) is 92.6 Å². The standard InChI is InChI=1S/C16H25N3O4S/c1-2-11-18(13-14-7-4-3-5-8-14)17-24(22,23)16-10-6-9-15(12-16)19(20)21/h6,9-10,12,14,17H,2-5,7-8,11,13H2,1H3. The Labute approximate surface area is 143 Å². The highest BCUT2D eigenvalue weighted by Gasteiger charge is 2.23. The molecular formula is C16H25N3O4S. The molecule has 1 N–H and O–H groups in total. The third-order valence-electron chi connectivity index (χ3n) is 4.28. The van der Waals surface area contributed by atoms with Crippen molar-refractivity contribution in [3.63, 3.8) is 0 Å². The summed E-state index contributed by atoms with van der Waals surface area (Å²) < 4.78 is 25.1. The van der Waals surface area contributed by atoms with Gasteiger partial charge in [-0.05, 0) is 31.2 Å². The van der Waals surface area contributed by atoms with Gasteiger partial charge in [0.25, 0.3) is 15.7 Å². The molecule has 8 heteroatoms. The predicted octanol–water partition coefficient (Wildman–Crippen LogP) is 3.08. The van der Waals surface area contributed by atoms with Gasteiger partial charge in [0, 0.05) is 25.2 Å². The molecule has 0 unspecified atom stereocenters. The minimum atomic E-state index is -3.82. The predicted molar refractivity (Wildman–Crippen MR) is 91.9 cm³/mol. The van der Waals surface area contributed by atoms with Crippen molar-refractivity contribution in [2.45, 2.75) is 50.3 Å². The van der Waals surface area contributed by atoms with E-state index in [9.17, 15) is 18.5 Å². The van der Waals surface area contributed by atoms with Crippen molar-refractivity contribution >= 4 is 15.7 Å². The summed E-state index contributed by atoms with van der Waals surface area (Å²) in [6.45, 7) is 3.29. The SMILES string of the molecule is CCCN(CC1CCCCC1)NS(=O)(=O)c1cccc([N+](=O)[O-])c1. The smallest absolute Gasteiger partial charge is 0.258 e. The Hall–Kier alpha value is -1.51. The van der Waals surface area contributed by atoms with Crippen LogP contribution in [-0.2, 0) is 10.0 Å². The van der Waals surface area contributed by atoms with Crippen LogP contribution in [0, 0.1) is 16.0 Å². The maximum atomic E-state index is 12.6. The van der Waals surface area contributed by atoms with Gasteiger partial charge >= 0.3 is 0 Å². The van der Waals surface area contributed by atoms with Crippen molar-refractivity contribution in [2.75, 3.05) is 13.1 Å². The van der Waals surface area contributed by atoms with Crippen LogP contribution in [0.4, 0.5) is 5.69 Å². The highest BCUT2D eigenvalue weighted by Crippen LogP contribution is 2.24. The molecule has 2 rings (SSSR count). The van der Waals surface area contributed by atoms with E-state index in [0.717, 1.165) is 25.3 Å². The summed E-state index contributed by atoms with van der Waals surface area (Å²) in [6, 6.07) is 5.13. The quantitative estimate of drug-likeness (QED) is 0.571. The number of hydrogen-bond acceptors (Lipinski definition) is 5. The van der Waals surface area contributed by atoms with Gasteiger partial charge in [0.15, 0.2) is 0 Å². The van der Waals surface area contributed by atoms with E-state index in [0.29, 0.717) is 19.0 Å². The maximum Gasteiger partial charge on any atom is 0.270 e. The highest BCUT2D eigenvalue weighted by atomic mass is 32.2. The summed E-state index contributed by atoms with van der Waals surface area (Å²) >= 11 is 0. The van der Waals surface area contributed by atoms with Crippen molar-refractivity contribution in [1.82, 2.24) is 9.84 Å². The Kier molecular flexibility index (Phi) is 6.70. The van der Waals surface area contributed by atoms with Crippen LogP contribution in [0.15, 0.2) is 29.2 Å². The first-order chi connectivity index (χ1) is 11.4. The van der Waals surface area contributed by atoms with Crippen LogP contribution in [-0.4, -0.2) is 31.4 Å². The zero-order chi connectivity index (χ0) is 17.6. The molecule has 1 aromatic rings. The van der Waals surface area contributed by atoms with Gasteiger partial charge in [0.1, 0.15) is 0 Å². The number of non-ortho nitro benzene ring substituents is 1. The largest absolute Gasteiger partial charge is 0.270 e. The average molecular weight is 355 g/mol. The highest BCUT2D eigenvalue weighted by molar-refractivity contribution is 7.89. The lowest BCUT2D eigenvalue weighted by Crippen LogP contribution is -2.45. The second-order valence-electron chi connectivity index (χ2n) is 6.30. The first kappa shape index (κ1) is 18.8. The van der Waals surface area contributed by atoms with Crippen LogP contribution >= 0.6 is 0 Å². The number of nitrogens with one attached hydrogen (secondary N) is 1. The fourth-order valence-electron chi connectivity index (χ4n) is 3.11. The molecule has 1 saturated carbocycles. The second kappa shape index (κ2) is 8.55. The van der Waals surface area contributed by atoms with E-state index < -0.39 is 14.9 Å². The Balaban J connectivity index is 2.11. The minimum absolute atomic E-state index is 0.0820. The fourth-order valence-corrected chi connectivity index (χ4v) is 4.26. The first-order valence-electron chi connectivity index (χ1n) is 8.44. The van der Waals surface area contributed by atoms with Crippen molar-refractivity contribution in [1.29, 1.82) is 0 Å². The van der Waals surface area contributed by atoms with E-state index >= 15 is 0 Å². The number of nitro benzene ring substituents is 1. The molecule has 7 nitrogen and oxygen atoms in total. The van der Waals surface area contributed by atoms with Crippen LogP contribution in [0.1, 0.15) is 45.4 Å². The second-order valence-corrected chi connectivity index (χ2v) is 7.96. The molecule has 1 aliphatic rings. The van der Waals surface area contributed by atoms with Crippen molar-refractivity contribution in [2.24, 2.45) is 5.92 Å². The van der Waals surface area contributed by atoms with Crippen molar-refractivity contribution < 1.29 is 13.3 Å². The van der Waals surface area contributed by atoms with E-state index in [1.165, 1.54) is 37.5 Å². The van der Waals surface area contributed by atoms with E-state index in [-0.39, 0.29) is 10.6 Å². The zero-order valence-electron chi connectivity index (χ0n) is 14.0. The van der Waals surface area contributed by atoms with Crippen LogP contribution in [0.5, 0.6) is 0 Å². The van der Waals surface area contributed by atoms with Gasteiger partial charge in [-0.15, -0.1) is 4.83 Å². The molecule has 0 atom stereocenters. The third-order valence-corrected chi connectivity index (χ3v) is 5.66. The molecule has 0 bridgehead atoms. The number of rotatable bonds is 8. The minimum Gasteiger partial charge on any atom is -0.258 e. The Morgan fingerprint density at radius 1 is 1.29 bits per heavy atom. The van der Waals surface area contributed by atoms with Crippen LogP contribution in [0.3, 0.4) is 0 Å². The molecule has 1 aliphatic carbocycles. The molecule has 134 valence electrons. The number of hydrogen-bond donors (Lipinski definition) is 1. The fraction of sp³-hybridized carbons (Fsp3) is 0.625. The Morgan fingerprint density at radius 3 is 2.62 bits per heavy atom. The molecular weight excluding hydrogens is 330 g/mol. The van der Waals surface area contributed by atoms with E-state index in [1.54, 1.807) is 5.01 Å². The van der Waals surface area contributed by atoms with Gasteiger partial charge in [-0.3, -0.25) is 10.1 Å². The van der Waals surface area contributed by atoms with Gasteiger partial charge in [-0.2, -0.15) is 0 Å². The molecule has 0 aliphatic heterocycles. The molecule has 1 aromatic carbocycles. The van der Waals surface area contributed by atoms with Gasteiger partial charge in [-0.1, -0.05) is 32.3 Å². The molecule has 0 amide bonds. The monoisotopic (exact) mass is 355 g/mol. The van der Waals surface area contributed by atoms with Gasteiger partial charge in [0.2, 0.25) is 0 Å². The molecule has 0 heterocycles. The van der Waals surface area contributed by atoms with Gasteiger partial charge in [-0.25, -0.2) is 13.4 Å². The molecule has 0 radical (unpaired) electrons. The van der Waals surface area contributed by atoms with E-state index in [2.05, 4.69) is 4.83 Å². The van der Waals surface area contributed by atoms with E-state index in [4.69, 9.17) is 0 Å². The normalized spacial score (nSPS) is 16.4. The number of benzene rings is 1. The molecule has 0 aromatic heterocycles. The lowest BCUT2D eigenvalue weighted by atomic mass is 9.89. The summed E-state index contributed by atoms with van der Waals surface area (Å²) in [6.07, 6.45) is 6.72. The summed E-state index contributed by atoms with van der Waals surface area (Å²) in [7, 11) is -3.82. The van der Waals surface area contributed by atoms with Crippen LogP contribution in [0.25, 0.3) is 0 Å². The van der Waals surface area contributed by atoms with E-state index in [1.807, 2.05) is 6.92 Å². The lowest BCUT2D eigenvalue weighted by Gasteiger charge is -2.29. The Bertz CT molecular complexity index is 657. The number of nitro groups is 1. The maximum absolute atomic E-state index is 12.6. The summed E-state index contributed by atoms with van der Waals surface area (Å²) in [5.74, 6) is 0.498. The first-order valence-corrected chi connectivity index (χ1v) is 9.92. The number of hydrazine groups is 1. The van der Waals surface area contributed by atoms with Crippen LogP contribution < -0.4 is 4.83 Å². The average Bonchev–Trinajstić information content (AvgIpc) is 2.56. The van der Waals surface area contributed by atoms with Crippen LogP contribution in [0.2, 0.25) is 0 Å². The molecule has 1 fully saturated rings. The number of sulfonamides is 1. The van der Waals surface area contributed by atoms with Gasteiger partial charge in [0.05, 0.1) is 9.82 Å². The molecule has 24 heavy (non-hydrogen) atoms. The number of nitrogens with zero attached hydrogens (tertiary/aromatic N) is 2. The summed E-state index contributed by atoms with van der Waals surface area (Å²) in [5, 5.41) is 12.6. The third kappa shape index (κ3) is 5.25. The van der Waals surface area contributed by atoms with Crippen molar-refractivity contribution in [3.8, 4) is 0 Å². The van der Waals surface area contributed by atoms with Crippen molar-refractivity contribution in [3.05, 3.63) is 34.4 Å². The lowest BCUT2D eigenvalue weighted by molar-refractivity contribution is -0.385. The Morgan fingerprint density at radius 2 is 2.00 bits per heavy atom. The molecule has 0 spiro atoms. The summed E-state index contributed by atoms with van der Waals surface area (Å²) in [5.41, 5.74) is -0.229. The molecule has 0 saturated heterocycles. The zero-order valence-corrected chi connectivity index (χ0v) is 14.8. The van der Waals surface area contributed by atoms with Gasteiger partial charge < -0.3 is 0 Å².